The van der Waals surface area contributed by atoms with Gasteiger partial charge in [-0.3, -0.25) is 0 Å². The molecule has 1 atom stereocenters. The minimum absolute atomic E-state index is 0.861. The molecule has 0 saturated heterocycles. The first-order valence-electron chi connectivity index (χ1n) is 4.78. The predicted molar refractivity (Wildman–Crippen MR) is 73.1 cm³/mol. The van der Waals surface area contributed by atoms with Crippen molar-refractivity contribution in [1.82, 2.24) is 0 Å². The number of allylic oxidation sites excluding steroid dienone is 4. The second-order valence-corrected chi connectivity index (χ2v) is 5.35. The Labute approximate surface area is 104 Å². The van der Waals surface area contributed by atoms with Crippen LogP contribution < -0.4 is 0 Å². The molecular weight excluding hydrogens is 236 g/mol. The summed E-state index contributed by atoms with van der Waals surface area (Å²) in [6.07, 6.45) is 9.18. The molecule has 0 aromatic heterocycles. The first-order valence-corrected chi connectivity index (χ1v) is 7.22. The molecule has 0 bridgehead atoms. The maximum absolute atomic E-state index is 11.2. The molecule has 1 unspecified atom stereocenters. The minimum atomic E-state index is -0.897. The van der Waals surface area contributed by atoms with Gasteiger partial charge in [-0.25, -0.2) is 0 Å². The molecule has 0 heterocycles. The van der Waals surface area contributed by atoms with E-state index in [9.17, 15) is 4.55 Å². The van der Waals surface area contributed by atoms with Crippen molar-refractivity contribution in [2.45, 2.75) is 9.79 Å². The Kier molecular flexibility index (Phi) is 6.08. The number of hydrogen-bond donors (Lipinski definition) is 0. The molecule has 0 radical (unpaired) electrons. The quantitative estimate of drug-likeness (QED) is 0.451. The third-order valence-corrected chi connectivity index (χ3v) is 3.57. The largest absolute Gasteiger partial charge is 0.612 e. The number of thioether (sulfide) groups is 1. The maximum atomic E-state index is 11.2. The average molecular weight is 250 g/mol. The van der Waals surface area contributed by atoms with Crippen LogP contribution in [0.4, 0.5) is 0 Å². The van der Waals surface area contributed by atoms with Crippen molar-refractivity contribution in [3.05, 3.63) is 60.6 Å². The van der Waals surface area contributed by atoms with Gasteiger partial charge in [0.2, 0.25) is 0 Å². The van der Waals surface area contributed by atoms with E-state index in [1.807, 2.05) is 47.9 Å². The highest BCUT2D eigenvalue weighted by atomic mass is 32.2. The number of hydrogen-bond acceptors (Lipinski definition) is 2. The Hall–Kier alpha value is -0.900. The van der Waals surface area contributed by atoms with Crippen LogP contribution in [0, 0.1) is 0 Å². The number of benzene rings is 1. The van der Waals surface area contributed by atoms with Gasteiger partial charge in [0.05, 0.1) is 0 Å². The van der Waals surface area contributed by atoms with Crippen molar-refractivity contribution in [3.8, 4) is 0 Å². The molecule has 1 rings (SSSR count). The summed E-state index contributed by atoms with van der Waals surface area (Å²) in [5.74, 6) is 0. The SMILES string of the molecule is C=C/C=C\C=C\Sc1ccc([S+](C)[O-])cc1. The highest BCUT2D eigenvalue weighted by Crippen LogP contribution is 2.21. The van der Waals surface area contributed by atoms with E-state index in [1.54, 1.807) is 24.1 Å². The van der Waals surface area contributed by atoms with Gasteiger partial charge in [0.15, 0.2) is 4.90 Å². The fraction of sp³-hybridized carbons (Fsp3) is 0.0769. The highest BCUT2D eigenvalue weighted by molar-refractivity contribution is 8.02. The first kappa shape index (κ1) is 13.2. The van der Waals surface area contributed by atoms with Crippen LogP contribution in [0.25, 0.3) is 0 Å². The fourth-order valence-electron chi connectivity index (χ4n) is 1.02. The van der Waals surface area contributed by atoms with E-state index < -0.39 is 11.2 Å². The van der Waals surface area contributed by atoms with E-state index in [1.165, 1.54) is 0 Å². The first-order chi connectivity index (χ1) is 7.74. The number of rotatable bonds is 5. The molecule has 0 fully saturated rings. The van der Waals surface area contributed by atoms with Crippen LogP contribution in [0.15, 0.2) is 70.3 Å². The monoisotopic (exact) mass is 250 g/mol. The van der Waals surface area contributed by atoms with Crippen molar-refractivity contribution in [2.75, 3.05) is 6.26 Å². The lowest BCUT2D eigenvalue weighted by molar-refractivity contribution is 0.601. The lowest BCUT2D eigenvalue weighted by atomic mass is 10.4. The van der Waals surface area contributed by atoms with E-state index in [0.717, 1.165) is 9.79 Å². The van der Waals surface area contributed by atoms with Crippen LogP contribution in [0.2, 0.25) is 0 Å². The van der Waals surface area contributed by atoms with Crippen molar-refractivity contribution in [2.24, 2.45) is 0 Å². The average Bonchev–Trinajstić information content (AvgIpc) is 2.29. The normalized spacial score (nSPS) is 13.4. The molecule has 0 saturated carbocycles. The molecule has 0 N–H and O–H groups in total. The smallest absolute Gasteiger partial charge is 0.152 e. The van der Waals surface area contributed by atoms with Crippen LogP contribution in [0.1, 0.15) is 0 Å². The molecule has 0 aliphatic rings. The molecule has 1 nitrogen and oxygen atoms in total. The molecule has 16 heavy (non-hydrogen) atoms. The summed E-state index contributed by atoms with van der Waals surface area (Å²) in [4.78, 5) is 2.00. The zero-order valence-corrected chi connectivity index (χ0v) is 10.8. The van der Waals surface area contributed by atoms with E-state index in [4.69, 9.17) is 0 Å². The lowest BCUT2D eigenvalue weighted by Crippen LogP contribution is -1.95. The van der Waals surface area contributed by atoms with Crippen molar-refractivity contribution >= 4 is 22.9 Å². The second-order valence-electron chi connectivity index (χ2n) is 2.99. The zero-order chi connectivity index (χ0) is 11.8. The Morgan fingerprint density at radius 3 is 2.44 bits per heavy atom. The predicted octanol–water partition coefficient (Wildman–Crippen LogP) is 3.77. The van der Waals surface area contributed by atoms with Crippen LogP contribution in [0.5, 0.6) is 0 Å². The van der Waals surface area contributed by atoms with Crippen molar-refractivity contribution in [1.29, 1.82) is 0 Å². The Morgan fingerprint density at radius 2 is 1.88 bits per heavy atom. The zero-order valence-electron chi connectivity index (χ0n) is 9.13. The fourth-order valence-corrected chi connectivity index (χ4v) is 2.15. The molecule has 0 spiro atoms. The van der Waals surface area contributed by atoms with Gasteiger partial charge in [-0.05, 0) is 40.8 Å². The van der Waals surface area contributed by atoms with Gasteiger partial charge in [-0.2, -0.15) is 0 Å². The molecule has 84 valence electrons. The molecular formula is C13H14OS2. The molecule has 1 aromatic carbocycles. The summed E-state index contributed by atoms with van der Waals surface area (Å²) < 4.78 is 11.2. The van der Waals surface area contributed by atoms with Crippen molar-refractivity contribution in [3.63, 3.8) is 0 Å². The molecule has 0 aliphatic carbocycles. The summed E-state index contributed by atoms with van der Waals surface area (Å²) >= 11 is 0.729. The lowest BCUT2D eigenvalue weighted by Gasteiger charge is -2.03. The van der Waals surface area contributed by atoms with E-state index in [2.05, 4.69) is 6.58 Å². The molecule has 3 heteroatoms. The Morgan fingerprint density at radius 1 is 1.19 bits per heavy atom. The van der Waals surface area contributed by atoms with E-state index in [0.29, 0.717) is 0 Å². The van der Waals surface area contributed by atoms with E-state index in [-0.39, 0.29) is 0 Å². The van der Waals surface area contributed by atoms with Gasteiger partial charge < -0.3 is 4.55 Å². The van der Waals surface area contributed by atoms with Crippen LogP contribution >= 0.6 is 11.8 Å². The summed E-state index contributed by atoms with van der Waals surface area (Å²) in [6.45, 7) is 3.59. The summed E-state index contributed by atoms with van der Waals surface area (Å²) in [5, 5.41) is 2.00. The van der Waals surface area contributed by atoms with Crippen LogP contribution in [-0.4, -0.2) is 10.8 Å². The van der Waals surface area contributed by atoms with Crippen molar-refractivity contribution < 1.29 is 4.55 Å². The molecule has 0 amide bonds. The highest BCUT2D eigenvalue weighted by Gasteiger charge is 2.02. The van der Waals surface area contributed by atoms with Gasteiger partial charge in [0.1, 0.15) is 6.26 Å². The van der Waals surface area contributed by atoms with Crippen LogP contribution in [0.3, 0.4) is 0 Å². The standard InChI is InChI=1S/C13H14OS2/c1-3-4-5-6-11-15-12-7-9-13(10-8-12)16(2)14/h3-11H,1H2,2H3/b5-4-,11-6+. The second kappa shape index (κ2) is 7.39. The Bertz CT molecular complexity index is 377. The van der Waals surface area contributed by atoms with Gasteiger partial charge >= 0.3 is 0 Å². The minimum Gasteiger partial charge on any atom is -0.612 e. The molecule has 1 aromatic rings. The third kappa shape index (κ3) is 4.75. The van der Waals surface area contributed by atoms with Crippen LogP contribution in [-0.2, 0) is 11.2 Å². The third-order valence-electron chi connectivity index (χ3n) is 1.80. The maximum Gasteiger partial charge on any atom is 0.152 e. The summed E-state index contributed by atoms with van der Waals surface area (Å²) in [5.41, 5.74) is 0. The molecule has 0 aliphatic heterocycles. The van der Waals surface area contributed by atoms with E-state index >= 15 is 0 Å². The van der Waals surface area contributed by atoms with Gasteiger partial charge in [0, 0.05) is 4.90 Å². The van der Waals surface area contributed by atoms with Gasteiger partial charge in [-0.1, -0.05) is 42.6 Å². The Balaban J connectivity index is 2.52. The summed E-state index contributed by atoms with van der Waals surface area (Å²) in [6, 6.07) is 7.74. The topological polar surface area (TPSA) is 23.1 Å². The van der Waals surface area contributed by atoms with Gasteiger partial charge in [-0.15, -0.1) is 0 Å². The summed E-state index contributed by atoms with van der Waals surface area (Å²) in [7, 11) is 0. The van der Waals surface area contributed by atoms with Gasteiger partial charge in [0.25, 0.3) is 0 Å².